The molecule has 0 aliphatic carbocycles. The number of hydrogen-bond acceptors (Lipinski definition) is 6. The van der Waals surface area contributed by atoms with Crippen molar-refractivity contribution in [1.82, 2.24) is 0 Å². The zero-order valence-corrected chi connectivity index (χ0v) is 18.8. The van der Waals surface area contributed by atoms with E-state index in [-0.39, 0.29) is 5.91 Å². The van der Waals surface area contributed by atoms with Crippen LogP contribution in [0.5, 0.6) is 17.2 Å². The summed E-state index contributed by atoms with van der Waals surface area (Å²) in [4.78, 5) is 15.2. The first-order valence-electron chi connectivity index (χ1n) is 9.39. The van der Waals surface area contributed by atoms with Gasteiger partial charge < -0.3 is 14.2 Å². The number of carbonyl (C=O) groups is 1. The summed E-state index contributed by atoms with van der Waals surface area (Å²) < 4.78 is 17.1. The summed E-state index contributed by atoms with van der Waals surface area (Å²) in [6.45, 7) is 6.23. The van der Waals surface area contributed by atoms with E-state index in [1.165, 1.54) is 16.7 Å². The van der Waals surface area contributed by atoms with Gasteiger partial charge in [-0.15, -0.1) is 6.58 Å². The van der Waals surface area contributed by atoms with Gasteiger partial charge in [-0.05, 0) is 49.2 Å². The van der Waals surface area contributed by atoms with E-state index in [1.807, 2.05) is 43.3 Å². The van der Waals surface area contributed by atoms with Crippen molar-refractivity contribution in [1.29, 1.82) is 0 Å². The Balaban J connectivity index is 2.02. The second-order valence-corrected chi connectivity index (χ2v) is 8.00. The molecule has 0 N–H and O–H groups in total. The molecule has 3 rings (SSSR count). The molecular weight excluding hydrogens is 418 g/mol. The fourth-order valence-electron chi connectivity index (χ4n) is 3.21. The minimum Gasteiger partial charge on any atom is -0.495 e. The average Bonchev–Trinajstić information content (AvgIpc) is 3.01. The van der Waals surface area contributed by atoms with Crippen molar-refractivity contribution in [3.05, 3.63) is 65.1 Å². The lowest BCUT2D eigenvalue weighted by molar-refractivity contribution is -0.113. The molecule has 156 valence electrons. The van der Waals surface area contributed by atoms with Crippen LogP contribution < -0.4 is 19.1 Å². The van der Waals surface area contributed by atoms with Gasteiger partial charge >= 0.3 is 0 Å². The third-order valence-corrected chi connectivity index (χ3v) is 5.74. The number of para-hydroxylation sites is 2. The normalized spacial score (nSPS) is 14.9. The van der Waals surface area contributed by atoms with E-state index in [2.05, 4.69) is 6.58 Å². The third-order valence-electron chi connectivity index (χ3n) is 4.44. The van der Waals surface area contributed by atoms with E-state index in [1.54, 1.807) is 26.4 Å². The van der Waals surface area contributed by atoms with Crippen LogP contribution in [0.3, 0.4) is 0 Å². The molecule has 0 bridgehead atoms. The Morgan fingerprint density at radius 3 is 2.60 bits per heavy atom. The van der Waals surface area contributed by atoms with Crippen LogP contribution in [0.4, 0.5) is 5.69 Å². The SMILES string of the molecule is C=CCc1cc(/C=C2/SC(=S)N(c3ccccc3OC)C2=O)cc(OCC)c1OC. The summed E-state index contributed by atoms with van der Waals surface area (Å²) >= 11 is 6.75. The molecule has 30 heavy (non-hydrogen) atoms. The summed E-state index contributed by atoms with van der Waals surface area (Å²) in [5, 5.41) is 0. The number of carbonyl (C=O) groups excluding carboxylic acids is 1. The molecule has 1 aliphatic heterocycles. The second-order valence-electron chi connectivity index (χ2n) is 6.33. The fraction of sp³-hybridized carbons (Fsp3) is 0.217. The number of methoxy groups -OCH3 is 2. The maximum atomic E-state index is 13.2. The van der Waals surface area contributed by atoms with Gasteiger partial charge in [0, 0.05) is 5.56 Å². The smallest absolute Gasteiger partial charge is 0.270 e. The Morgan fingerprint density at radius 2 is 1.93 bits per heavy atom. The average molecular weight is 442 g/mol. The van der Waals surface area contributed by atoms with E-state index in [0.29, 0.717) is 45.2 Å². The molecular formula is C23H23NO4S2. The van der Waals surface area contributed by atoms with Gasteiger partial charge in [0.15, 0.2) is 15.8 Å². The summed E-state index contributed by atoms with van der Waals surface area (Å²) in [6, 6.07) is 11.2. The van der Waals surface area contributed by atoms with Crippen molar-refractivity contribution in [2.24, 2.45) is 0 Å². The zero-order chi connectivity index (χ0) is 21.7. The molecule has 1 heterocycles. The molecule has 7 heteroatoms. The standard InChI is InChI=1S/C23H23NO4S2/c1-5-9-16-12-15(13-19(28-6-2)21(16)27-4)14-20-22(25)24(23(29)30-20)17-10-7-8-11-18(17)26-3/h5,7-8,10-14H,1,6,9H2,2-4H3/b20-14+. The van der Waals surface area contributed by atoms with E-state index in [4.69, 9.17) is 26.4 Å². The maximum Gasteiger partial charge on any atom is 0.270 e. The van der Waals surface area contributed by atoms with Crippen molar-refractivity contribution in [2.75, 3.05) is 25.7 Å². The molecule has 0 saturated carbocycles. The van der Waals surface area contributed by atoms with Crippen LogP contribution in [-0.4, -0.2) is 31.1 Å². The number of ether oxygens (including phenoxy) is 3. The van der Waals surface area contributed by atoms with Gasteiger partial charge in [-0.25, -0.2) is 0 Å². The third kappa shape index (κ3) is 4.37. The number of thiocarbonyl (C=S) groups is 1. The van der Waals surface area contributed by atoms with Gasteiger partial charge in [0.25, 0.3) is 5.91 Å². The predicted octanol–water partition coefficient (Wildman–Crippen LogP) is 5.24. The predicted molar refractivity (Wildman–Crippen MR) is 127 cm³/mol. The Morgan fingerprint density at radius 1 is 1.17 bits per heavy atom. The number of benzene rings is 2. The molecule has 0 aromatic heterocycles. The highest BCUT2D eigenvalue weighted by atomic mass is 32.2. The molecule has 2 aromatic rings. The van der Waals surface area contributed by atoms with E-state index >= 15 is 0 Å². The molecule has 1 amide bonds. The van der Waals surface area contributed by atoms with Crippen molar-refractivity contribution in [2.45, 2.75) is 13.3 Å². The largest absolute Gasteiger partial charge is 0.495 e. The molecule has 1 saturated heterocycles. The number of nitrogens with zero attached hydrogens (tertiary/aromatic N) is 1. The molecule has 5 nitrogen and oxygen atoms in total. The first-order chi connectivity index (χ1) is 14.5. The van der Waals surface area contributed by atoms with Gasteiger partial charge in [0.05, 0.1) is 31.4 Å². The van der Waals surface area contributed by atoms with Crippen LogP contribution in [0.1, 0.15) is 18.1 Å². The molecule has 1 aliphatic rings. The Kier molecular flexibility index (Phi) is 7.18. The lowest BCUT2D eigenvalue weighted by Gasteiger charge is -2.17. The van der Waals surface area contributed by atoms with Crippen LogP contribution in [0.2, 0.25) is 0 Å². The lowest BCUT2D eigenvalue weighted by atomic mass is 10.0. The quantitative estimate of drug-likeness (QED) is 0.317. The number of allylic oxidation sites excluding steroid dienone is 1. The van der Waals surface area contributed by atoms with Crippen LogP contribution in [0.15, 0.2) is 54.0 Å². The zero-order valence-electron chi connectivity index (χ0n) is 17.1. The minimum atomic E-state index is -0.187. The lowest BCUT2D eigenvalue weighted by Crippen LogP contribution is -2.27. The highest BCUT2D eigenvalue weighted by molar-refractivity contribution is 8.27. The maximum absolute atomic E-state index is 13.2. The number of amides is 1. The Labute approximate surface area is 186 Å². The highest BCUT2D eigenvalue weighted by Crippen LogP contribution is 2.41. The van der Waals surface area contributed by atoms with E-state index < -0.39 is 0 Å². The molecule has 0 spiro atoms. The highest BCUT2D eigenvalue weighted by Gasteiger charge is 2.34. The van der Waals surface area contributed by atoms with Gasteiger partial charge in [0.1, 0.15) is 5.75 Å². The van der Waals surface area contributed by atoms with Crippen molar-refractivity contribution < 1.29 is 19.0 Å². The fourth-order valence-corrected chi connectivity index (χ4v) is 4.49. The van der Waals surface area contributed by atoms with E-state index in [0.717, 1.165) is 11.1 Å². The van der Waals surface area contributed by atoms with E-state index in [9.17, 15) is 4.79 Å². The number of rotatable bonds is 8. The number of hydrogen-bond donors (Lipinski definition) is 0. The summed E-state index contributed by atoms with van der Waals surface area (Å²) in [6.07, 6.45) is 4.24. The first-order valence-corrected chi connectivity index (χ1v) is 10.6. The van der Waals surface area contributed by atoms with Crippen LogP contribution in [-0.2, 0) is 11.2 Å². The van der Waals surface area contributed by atoms with Gasteiger partial charge in [-0.3, -0.25) is 9.69 Å². The molecule has 0 radical (unpaired) electrons. The van der Waals surface area contributed by atoms with Crippen molar-refractivity contribution in [3.8, 4) is 17.2 Å². The van der Waals surface area contributed by atoms with Crippen molar-refractivity contribution in [3.63, 3.8) is 0 Å². The van der Waals surface area contributed by atoms with Crippen LogP contribution in [0.25, 0.3) is 6.08 Å². The molecule has 1 fully saturated rings. The van der Waals surface area contributed by atoms with Gasteiger partial charge in [-0.2, -0.15) is 0 Å². The molecule has 0 unspecified atom stereocenters. The van der Waals surface area contributed by atoms with Crippen LogP contribution in [0, 0.1) is 0 Å². The summed E-state index contributed by atoms with van der Waals surface area (Å²) in [5.41, 5.74) is 2.39. The topological polar surface area (TPSA) is 48.0 Å². The minimum absolute atomic E-state index is 0.187. The molecule has 2 aromatic carbocycles. The van der Waals surface area contributed by atoms with Gasteiger partial charge in [0.2, 0.25) is 0 Å². The number of anilines is 1. The Bertz CT molecular complexity index is 1020. The van der Waals surface area contributed by atoms with Crippen LogP contribution >= 0.6 is 24.0 Å². The van der Waals surface area contributed by atoms with Gasteiger partial charge in [-0.1, -0.05) is 42.2 Å². The molecule has 0 atom stereocenters. The first kappa shape index (κ1) is 21.9. The summed E-state index contributed by atoms with van der Waals surface area (Å²) in [5.74, 6) is 1.71. The van der Waals surface area contributed by atoms with Crippen molar-refractivity contribution >= 4 is 46.0 Å². The monoisotopic (exact) mass is 441 g/mol. The Hall–Kier alpha value is -2.77. The summed E-state index contributed by atoms with van der Waals surface area (Å²) in [7, 11) is 3.18. The number of thioether (sulfide) groups is 1. The second kappa shape index (κ2) is 9.82.